The van der Waals surface area contributed by atoms with Gasteiger partial charge < -0.3 is 5.32 Å². The van der Waals surface area contributed by atoms with Gasteiger partial charge in [-0.1, -0.05) is 12.2 Å². The largest absolute Gasteiger partial charge is 0.367 e. The van der Waals surface area contributed by atoms with Gasteiger partial charge in [-0.25, -0.2) is 18.1 Å². The van der Waals surface area contributed by atoms with Crippen LogP contribution in [0.15, 0.2) is 35.4 Å². The average Bonchev–Trinajstić information content (AvgIpc) is 3.14. The molecular weight excluding hydrogens is 274 g/mol. The zero-order valence-corrected chi connectivity index (χ0v) is 12.1. The van der Waals surface area contributed by atoms with Gasteiger partial charge in [-0.15, -0.1) is 0 Å². The molecule has 0 atom stereocenters. The number of rotatable bonds is 6. The first-order valence-electron chi connectivity index (χ1n) is 7.01. The lowest BCUT2D eigenvalue weighted by molar-refractivity contribution is 0.577. The van der Waals surface area contributed by atoms with Gasteiger partial charge in [0.15, 0.2) is 0 Å². The fourth-order valence-electron chi connectivity index (χ4n) is 2.20. The van der Waals surface area contributed by atoms with E-state index >= 15 is 0 Å². The fourth-order valence-corrected chi connectivity index (χ4v) is 3.26. The Balaban J connectivity index is 1.62. The molecule has 0 aromatic carbocycles. The van der Waals surface area contributed by atoms with Crippen molar-refractivity contribution in [2.75, 3.05) is 11.9 Å². The van der Waals surface area contributed by atoms with E-state index in [1.807, 2.05) is 0 Å². The number of aromatic nitrogens is 1. The lowest BCUT2D eigenvalue weighted by Crippen LogP contribution is -2.26. The van der Waals surface area contributed by atoms with Gasteiger partial charge in [0.25, 0.3) is 0 Å². The molecule has 1 saturated carbocycles. The Morgan fingerprint density at radius 1 is 1.20 bits per heavy atom. The van der Waals surface area contributed by atoms with Crippen molar-refractivity contribution in [2.24, 2.45) is 5.92 Å². The van der Waals surface area contributed by atoms with E-state index < -0.39 is 10.0 Å². The maximum absolute atomic E-state index is 12.0. The van der Waals surface area contributed by atoms with Crippen molar-refractivity contribution >= 4 is 15.8 Å². The lowest BCUT2D eigenvalue weighted by Gasteiger charge is -2.13. The molecule has 5 nitrogen and oxygen atoms in total. The number of nitrogens with one attached hydrogen (secondary N) is 2. The average molecular weight is 293 g/mol. The zero-order valence-electron chi connectivity index (χ0n) is 11.2. The van der Waals surface area contributed by atoms with Gasteiger partial charge in [-0.05, 0) is 43.7 Å². The van der Waals surface area contributed by atoms with Crippen molar-refractivity contribution in [3.8, 4) is 0 Å². The topological polar surface area (TPSA) is 71.1 Å². The van der Waals surface area contributed by atoms with Crippen LogP contribution >= 0.6 is 0 Å². The molecule has 1 aromatic heterocycles. The summed E-state index contributed by atoms with van der Waals surface area (Å²) in [6.45, 7) is 0.538. The van der Waals surface area contributed by atoms with Gasteiger partial charge in [-0.3, -0.25) is 0 Å². The van der Waals surface area contributed by atoms with Gasteiger partial charge in [-0.2, -0.15) is 0 Å². The summed E-state index contributed by atoms with van der Waals surface area (Å²) in [7, 11) is -3.41. The lowest BCUT2D eigenvalue weighted by atomic mass is 10.2. The molecular formula is C14H19N3O2S. The minimum Gasteiger partial charge on any atom is -0.367 e. The molecule has 0 spiro atoms. The van der Waals surface area contributed by atoms with Gasteiger partial charge >= 0.3 is 0 Å². The fraction of sp³-hybridized carbons (Fsp3) is 0.500. The summed E-state index contributed by atoms with van der Waals surface area (Å²) in [5.41, 5.74) is 0. The summed E-state index contributed by atoms with van der Waals surface area (Å²) >= 11 is 0. The maximum Gasteiger partial charge on any atom is 0.242 e. The first-order valence-corrected chi connectivity index (χ1v) is 8.49. The molecule has 20 heavy (non-hydrogen) atoms. The molecule has 3 rings (SSSR count). The summed E-state index contributed by atoms with van der Waals surface area (Å²) in [6, 6.07) is 3.70. The third kappa shape index (κ3) is 3.37. The van der Waals surface area contributed by atoms with Gasteiger partial charge in [0.1, 0.15) is 10.7 Å². The van der Waals surface area contributed by atoms with Crippen molar-refractivity contribution in [1.82, 2.24) is 9.71 Å². The summed E-state index contributed by atoms with van der Waals surface area (Å²) in [4.78, 5) is 4.42. The highest BCUT2D eigenvalue weighted by Crippen LogP contribution is 2.28. The molecule has 1 fully saturated rings. The van der Waals surface area contributed by atoms with Crippen molar-refractivity contribution in [3.05, 3.63) is 30.5 Å². The number of hydrogen-bond acceptors (Lipinski definition) is 4. The highest BCUT2D eigenvalue weighted by Gasteiger charge is 2.24. The SMILES string of the molecule is O=S(=O)(NCC1CC1)c1ccc(NC2CC=CC2)nc1. The predicted molar refractivity (Wildman–Crippen MR) is 77.9 cm³/mol. The molecule has 0 aliphatic heterocycles. The summed E-state index contributed by atoms with van der Waals surface area (Å²) in [5, 5.41) is 3.29. The van der Waals surface area contributed by atoms with Crippen LogP contribution in [0.1, 0.15) is 25.7 Å². The molecule has 0 unspecified atom stereocenters. The summed E-state index contributed by atoms with van der Waals surface area (Å²) in [6.07, 6.45) is 9.92. The Kier molecular flexibility index (Phi) is 3.76. The highest BCUT2D eigenvalue weighted by molar-refractivity contribution is 7.89. The van der Waals surface area contributed by atoms with Crippen molar-refractivity contribution in [3.63, 3.8) is 0 Å². The zero-order chi connectivity index (χ0) is 14.0. The highest BCUT2D eigenvalue weighted by atomic mass is 32.2. The van der Waals surface area contributed by atoms with Crippen LogP contribution in [0.25, 0.3) is 0 Å². The van der Waals surface area contributed by atoms with E-state index in [0.29, 0.717) is 18.5 Å². The third-order valence-corrected chi connectivity index (χ3v) is 5.07. The summed E-state index contributed by atoms with van der Waals surface area (Å²) < 4.78 is 26.7. The Morgan fingerprint density at radius 3 is 2.55 bits per heavy atom. The molecule has 2 aliphatic carbocycles. The molecule has 6 heteroatoms. The Labute approximate surface area is 119 Å². The first-order chi connectivity index (χ1) is 9.63. The van der Waals surface area contributed by atoms with Crippen molar-refractivity contribution < 1.29 is 8.42 Å². The molecule has 0 saturated heterocycles. The van der Waals surface area contributed by atoms with Crippen LogP contribution in [0.2, 0.25) is 0 Å². The van der Waals surface area contributed by atoms with Gasteiger partial charge in [0.2, 0.25) is 10.0 Å². The maximum atomic E-state index is 12.0. The second-order valence-electron chi connectivity index (χ2n) is 5.46. The second-order valence-corrected chi connectivity index (χ2v) is 7.23. The standard InChI is InChI=1S/C14H19N3O2S/c18-20(19,16-9-11-5-6-11)13-7-8-14(15-10-13)17-12-3-1-2-4-12/h1-2,7-8,10-12,16H,3-6,9H2,(H,15,17). The van der Waals surface area contributed by atoms with E-state index in [1.165, 1.54) is 6.20 Å². The van der Waals surface area contributed by atoms with E-state index in [-0.39, 0.29) is 4.90 Å². The molecule has 2 N–H and O–H groups in total. The first kappa shape index (κ1) is 13.6. The smallest absolute Gasteiger partial charge is 0.242 e. The second kappa shape index (κ2) is 5.54. The number of pyridine rings is 1. The number of anilines is 1. The molecule has 0 bridgehead atoms. The molecule has 2 aliphatic rings. The molecule has 108 valence electrons. The van der Waals surface area contributed by atoms with Crippen LogP contribution in [-0.4, -0.2) is 26.0 Å². The van der Waals surface area contributed by atoms with Crippen LogP contribution in [0.4, 0.5) is 5.82 Å². The van der Waals surface area contributed by atoms with Gasteiger partial charge in [0, 0.05) is 18.8 Å². The molecule has 1 heterocycles. The summed E-state index contributed by atoms with van der Waals surface area (Å²) in [5.74, 6) is 1.24. The van der Waals surface area contributed by atoms with E-state index in [0.717, 1.165) is 31.5 Å². The quantitative estimate of drug-likeness (QED) is 0.786. The predicted octanol–water partition coefficient (Wildman–Crippen LogP) is 1.90. The van der Waals surface area contributed by atoms with E-state index in [1.54, 1.807) is 12.1 Å². The minimum atomic E-state index is -3.41. The Bertz CT molecular complexity index is 583. The molecule has 0 radical (unpaired) electrons. The van der Waals surface area contributed by atoms with E-state index in [9.17, 15) is 8.42 Å². The minimum absolute atomic E-state index is 0.230. The molecule has 0 amide bonds. The van der Waals surface area contributed by atoms with Crippen molar-refractivity contribution in [2.45, 2.75) is 36.6 Å². The monoisotopic (exact) mass is 293 g/mol. The Hall–Kier alpha value is -1.40. The third-order valence-electron chi connectivity index (χ3n) is 3.67. The Morgan fingerprint density at radius 2 is 1.95 bits per heavy atom. The number of nitrogens with zero attached hydrogens (tertiary/aromatic N) is 1. The van der Waals surface area contributed by atoms with Crippen LogP contribution in [0.3, 0.4) is 0 Å². The van der Waals surface area contributed by atoms with Crippen LogP contribution in [-0.2, 0) is 10.0 Å². The normalized spacial score (nSPS) is 19.4. The van der Waals surface area contributed by atoms with E-state index in [4.69, 9.17) is 0 Å². The van der Waals surface area contributed by atoms with Crippen LogP contribution in [0, 0.1) is 5.92 Å². The van der Waals surface area contributed by atoms with Crippen LogP contribution in [0.5, 0.6) is 0 Å². The number of sulfonamides is 1. The van der Waals surface area contributed by atoms with Gasteiger partial charge in [0.05, 0.1) is 0 Å². The number of hydrogen-bond donors (Lipinski definition) is 2. The van der Waals surface area contributed by atoms with Crippen LogP contribution < -0.4 is 10.0 Å². The van der Waals surface area contributed by atoms with E-state index in [2.05, 4.69) is 27.2 Å². The molecule has 1 aromatic rings. The van der Waals surface area contributed by atoms with Crippen molar-refractivity contribution in [1.29, 1.82) is 0 Å².